The minimum Gasteiger partial charge on any atom is -0.340 e. The Morgan fingerprint density at radius 3 is 2.14 bits per heavy atom. The summed E-state index contributed by atoms with van der Waals surface area (Å²) in [5.74, 6) is -0.134. The van der Waals surface area contributed by atoms with Crippen LogP contribution in [0.4, 0.5) is 5.69 Å². The van der Waals surface area contributed by atoms with Gasteiger partial charge in [-0.25, -0.2) is 0 Å². The zero-order valence-corrected chi connectivity index (χ0v) is 17.7. The Morgan fingerprint density at radius 1 is 1.00 bits per heavy atom. The second-order valence-electron chi connectivity index (χ2n) is 7.59. The smallest absolute Gasteiger partial charge is 0.239 e. The van der Waals surface area contributed by atoms with Gasteiger partial charge >= 0.3 is 0 Å². The predicted molar refractivity (Wildman–Crippen MR) is 114 cm³/mol. The minimum atomic E-state index is -0.389. The van der Waals surface area contributed by atoms with E-state index < -0.39 is 0 Å². The van der Waals surface area contributed by atoms with Crippen LogP contribution in [0.1, 0.15) is 29.2 Å². The number of nitrogens with one attached hydrogen (secondary N) is 1. The van der Waals surface area contributed by atoms with Crippen LogP contribution in [0.3, 0.4) is 0 Å². The van der Waals surface area contributed by atoms with Crippen molar-refractivity contribution in [2.24, 2.45) is 0 Å². The van der Waals surface area contributed by atoms with Crippen molar-refractivity contribution in [3.05, 3.63) is 64.7 Å². The van der Waals surface area contributed by atoms with Crippen LogP contribution < -0.4 is 5.32 Å². The molecule has 0 aromatic heterocycles. The molecule has 0 bridgehead atoms. The number of benzene rings is 2. The van der Waals surface area contributed by atoms with Crippen LogP contribution in [0.2, 0.25) is 0 Å². The maximum Gasteiger partial charge on any atom is 0.239 e. The molecule has 0 radical (unpaired) electrons. The third-order valence-electron chi connectivity index (χ3n) is 4.99. The third-order valence-corrected chi connectivity index (χ3v) is 4.99. The average molecular weight is 382 g/mol. The number of aryl methyl sites for hydroxylation is 3. The molecule has 5 nitrogen and oxygen atoms in total. The molecule has 2 aromatic rings. The van der Waals surface area contributed by atoms with E-state index in [4.69, 9.17) is 0 Å². The summed E-state index contributed by atoms with van der Waals surface area (Å²) in [6.07, 6.45) is 0. The number of nitrogens with zero attached hydrogens (tertiary/aromatic N) is 2. The lowest BCUT2D eigenvalue weighted by molar-refractivity contribution is -0.135. The van der Waals surface area contributed by atoms with Crippen molar-refractivity contribution in [3.8, 4) is 0 Å². The van der Waals surface area contributed by atoms with E-state index in [0.29, 0.717) is 6.54 Å². The number of likely N-dealkylation sites (N-methyl/N-ethyl adjacent to an activating group) is 2. The summed E-state index contributed by atoms with van der Waals surface area (Å²) >= 11 is 0. The van der Waals surface area contributed by atoms with Crippen molar-refractivity contribution in [1.29, 1.82) is 0 Å². The van der Waals surface area contributed by atoms with Gasteiger partial charge in [0.25, 0.3) is 0 Å². The first-order valence-corrected chi connectivity index (χ1v) is 9.56. The Morgan fingerprint density at radius 2 is 1.57 bits per heavy atom. The van der Waals surface area contributed by atoms with Gasteiger partial charge in [0.15, 0.2) is 0 Å². The summed E-state index contributed by atoms with van der Waals surface area (Å²) in [6, 6.07) is 13.6. The first-order valence-electron chi connectivity index (χ1n) is 9.56. The zero-order chi connectivity index (χ0) is 20.8. The lowest BCUT2D eigenvalue weighted by Gasteiger charge is -2.28. The van der Waals surface area contributed by atoms with E-state index in [9.17, 15) is 9.59 Å². The summed E-state index contributed by atoms with van der Waals surface area (Å²) in [6.45, 7) is 8.55. The number of anilines is 1. The van der Waals surface area contributed by atoms with Crippen LogP contribution in [-0.4, -0.2) is 48.3 Å². The topological polar surface area (TPSA) is 52.7 Å². The van der Waals surface area contributed by atoms with Crippen LogP contribution >= 0.6 is 0 Å². The molecule has 2 rings (SSSR count). The number of carbonyl (C=O) groups excluding carboxylic acids is 2. The molecular formula is C23H31N3O2. The molecule has 1 atom stereocenters. The van der Waals surface area contributed by atoms with Crippen molar-refractivity contribution in [2.75, 3.05) is 26.0 Å². The highest BCUT2D eigenvalue weighted by atomic mass is 16.2. The number of hydrogen-bond donors (Lipinski definition) is 1. The Kier molecular flexibility index (Phi) is 7.35. The van der Waals surface area contributed by atoms with Crippen LogP contribution in [0, 0.1) is 20.8 Å². The van der Waals surface area contributed by atoms with E-state index in [1.54, 1.807) is 23.9 Å². The van der Waals surface area contributed by atoms with Gasteiger partial charge in [0.1, 0.15) is 0 Å². The zero-order valence-electron chi connectivity index (χ0n) is 17.7. The SMILES string of the molecule is Cc1cc(C)c(NC(=O)CN(C)[C@H](C)C(=O)N(C)Cc2ccccc2)c(C)c1. The molecule has 5 heteroatoms. The van der Waals surface area contributed by atoms with Gasteiger partial charge in [-0.15, -0.1) is 0 Å². The Labute approximate surface area is 168 Å². The number of hydrogen-bond acceptors (Lipinski definition) is 3. The van der Waals surface area contributed by atoms with Gasteiger partial charge in [-0.1, -0.05) is 48.0 Å². The van der Waals surface area contributed by atoms with Gasteiger partial charge in [0.2, 0.25) is 11.8 Å². The van der Waals surface area contributed by atoms with Gasteiger partial charge < -0.3 is 10.2 Å². The Hall–Kier alpha value is -2.66. The fraction of sp³-hybridized carbons (Fsp3) is 0.391. The average Bonchev–Trinajstić information content (AvgIpc) is 2.64. The van der Waals surface area contributed by atoms with E-state index in [1.165, 1.54) is 5.56 Å². The second kappa shape index (κ2) is 9.51. The Bertz CT molecular complexity index is 810. The lowest BCUT2D eigenvalue weighted by Crippen LogP contribution is -2.46. The molecule has 0 aliphatic carbocycles. The van der Waals surface area contributed by atoms with Crippen molar-refractivity contribution < 1.29 is 9.59 Å². The van der Waals surface area contributed by atoms with Crippen LogP contribution in [0.5, 0.6) is 0 Å². The molecule has 2 aromatic carbocycles. The van der Waals surface area contributed by atoms with E-state index in [2.05, 4.69) is 17.4 Å². The summed E-state index contributed by atoms with van der Waals surface area (Å²) in [4.78, 5) is 28.7. The molecule has 0 aliphatic heterocycles. The highest BCUT2D eigenvalue weighted by molar-refractivity contribution is 5.94. The highest BCUT2D eigenvalue weighted by Crippen LogP contribution is 2.21. The lowest BCUT2D eigenvalue weighted by atomic mass is 10.1. The molecule has 0 heterocycles. The number of amides is 2. The molecule has 0 spiro atoms. The van der Waals surface area contributed by atoms with Gasteiger partial charge in [-0.3, -0.25) is 14.5 Å². The van der Waals surface area contributed by atoms with Gasteiger partial charge in [-0.2, -0.15) is 0 Å². The molecule has 1 N–H and O–H groups in total. The van der Waals surface area contributed by atoms with Crippen LogP contribution in [0.25, 0.3) is 0 Å². The maximum absolute atomic E-state index is 12.7. The summed E-state index contributed by atoms with van der Waals surface area (Å²) in [7, 11) is 3.59. The summed E-state index contributed by atoms with van der Waals surface area (Å²) in [5, 5.41) is 2.99. The highest BCUT2D eigenvalue weighted by Gasteiger charge is 2.23. The number of carbonyl (C=O) groups is 2. The van der Waals surface area contributed by atoms with Gasteiger partial charge in [0.05, 0.1) is 12.6 Å². The largest absolute Gasteiger partial charge is 0.340 e. The molecule has 2 amide bonds. The fourth-order valence-corrected chi connectivity index (χ4v) is 3.36. The molecule has 0 fully saturated rings. The molecular weight excluding hydrogens is 350 g/mol. The first kappa shape index (κ1) is 21.6. The van der Waals surface area contributed by atoms with E-state index >= 15 is 0 Å². The molecule has 0 aliphatic rings. The van der Waals surface area contributed by atoms with Gasteiger partial charge in [-0.05, 0) is 51.4 Å². The van der Waals surface area contributed by atoms with Crippen LogP contribution in [-0.2, 0) is 16.1 Å². The monoisotopic (exact) mass is 381 g/mol. The first-order chi connectivity index (χ1) is 13.2. The standard InChI is InChI=1S/C23H31N3O2/c1-16-12-17(2)22(18(3)13-16)24-21(27)15-25(5)19(4)23(28)26(6)14-20-10-8-7-9-11-20/h7-13,19H,14-15H2,1-6H3,(H,24,27)/t19-/m1/s1. The maximum atomic E-state index is 12.7. The van der Waals surface area contributed by atoms with E-state index in [0.717, 1.165) is 22.4 Å². The molecule has 150 valence electrons. The molecule has 0 unspecified atom stereocenters. The second-order valence-corrected chi connectivity index (χ2v) is 7.59. The summed E-state index contributed by atoms with van der Waals surface area (Å²) in [5.41, 5.74) is 5.19. The van der Waals surface area contributed by atoms with Crippen LogP contribution in [0.15, 0.2) is 42.5 Å². The molecule has 0 saturated heterocycles. The van der Waals surface area contributed by atoms with Crippen molar-refractivity contribution in [3.63, 3.8) is 0 Å². The quantitative estimate of drug-likeness (QED) is 0.798. The van der Waals surface area contributed by atoms with Crippen molar-refractivity contribution >= 4 is 17.5 Å². The Balaban J connectivity index is 1.94. The molecule has 28 heavy (non-hydrogen) atoms. The van der Waals surface area contributed by atoms with Crippen molar-refractivity contribution in [2.45, 2.75) is 40.3 Å². The number of rotatable bonds is 7. The van der Waals surface area contributed by atoms with Gasteiger partial charge in [0, 0.05) is 19.3 Å². The minimum absolute atomic E-state index is 0.0122. The van der Waals surface area contributed by atoms with E-state index in [1.807, 2.05) is 58.0 Å². The summed E-state index contributed by atoms with van der Waals surface area (Å²) < 4.78 is 0. The van der Waals surface area contributed by atoms with E-state index in [-0.39, 0.29) is 24.4 Å². The predicted octanol–water partition coefficient (Wildman–Crippen LogP) is 3.53. The normalized spacial score (nSPS) is 12.0. The molecule has 0 saturated carbocycles. The third kappa shape index (κ3) is 5.67. The van der Waals surface area contributed by atoms with Crippen molar-refractivity contribution in [1.82, 2.24) is 9.80 Å². The fourth-order valence-electron chi connectivity index (χ4n) is 3.36.